The number of amides is 1. The van der Waals surface area contributed by atoms with Crippen LogP contribution in [0.4, 0.5) is 5.69 Å². The van der Waals surface area contributed by atoms with E-state index in [1.165, 1.54) is 6.20 Å². The summed E-state index contributed by atoms with van der Waals surface area (Å²) in [6.07, 6.45) is 10.0. The van der Waals surface area contributed by atoms with E-state index in [1.807, 2.05) is 42.6 Å². The molecule has 2 aliphatic rings. The van der Waals surface area contributed by atoms with E-state index in [2.05, 4.69) is 16.3 Å². The summed E-state index contributed by atoms with van der Waals surface area (Å²) in [6, 6.07) is 9.41. The number of nitrogen functional groups attached to an aromatic ring is 1. The van der Waals surface area contributed by atoms with Gasteiger partial charge < -0.3 is 15.4 Å². The van der Waals surface area contributed by atoms with Gasteiger partial charge in [0.05, 0.1) is 24.8 Å². The minimum atomic E-state index is 0.0333. The first-order valence-electron chi connectivity index (χ1n) is 11.0. The molecule has 3 aromatic rings. The second-order valence-corrected chi connectivity index (χ2v) is 8.49. The van der Waals surface area contributed by atoms with Gasteiger partial charge in [-0.25, -0.2) is 4.52 Å². The molecule has 5 rings (SSSR count). The number of hydrazone groups is 1. The van der Waals surface area contributed by atoms with Crippen LogP contribution in [-0.4, -0.2) is 57.7 Å². The van der Waals surface area contributed by atoms with Gasteiger partial charge in [-0.2, -0.15) is 10.4 Å². The second-order valence-electron chi connectivity index (χ2n) is 8.49. The summed E-state index contributed by atoms with van der Waals surface area (Å²) in [5.74, 6) is 0.809. The molecule has 1 unspecified atom stereocenters. The molecule has 1 aromatic carbocycles. The molecule has 1 atom stereocenters. The topological polar surface area (TPSA) is 112 Å². The number of nitriles is 1. The minimum Gasteiger partial charge on any atom is -0.494 e. The number of anilines is 1. The average molecular weight is 455 g/mol. The Labute approximate surface area is 196 Å². The third-order valence-electron chi connectivity index (χ3n) is 6.21. The van der Waals surface area contributed by atoms with E-state index in [0.717, 1.165) is 23.1 Å². The second kappa shape index (κ2) is 8.48. The zero-order valence-electron chi connectivity index (χ0n) is 19.0. The first kappa shape index (κ1) is 21.4. The quantitative estimate of drug-likeness (QED) is 0.481. The molecule has 0 saturated carbocycles. The van der Waals surface area contributed by atoms with Crippen LogP contribution in [0.1, 0.15) is 33.5 Å². The lowest BCUT2D eigenvalue weighted by atomic mass is 10.1. The Balaban J connectivity index is 1.33. The summed E-state index contributed by atoms with van der Waals surface area (Å²) in [7, 11) is 1.57. The molecule has 2 aromatic heterocycles. The maximum absolute atomic E-state index is 13.0. The highest BCUT2D eigenvalue weighted by Gasteiger charge is 2.30. The molecule has 170 valence electrons. The van der Waals surface area contributed by atoms with Gasteiger partial charge in [-0.3, -0.25) is 4.79 Å². The van der Waals surface area contributed by atoms with Gasteiger partial charge in [-0.1, -0.05) is 4.68 Å². The predicted molar refractivity (Wildman–Crippen MR) is 129 cm³/mol. The normalized spacial score (nSPS) is 18.5. The summed E-state index contributed by atoms with van der Waals surface area (Å²) in [5, 5.41) is 18.1. The molecule has 9 nitrogen and oxygen atoms in total. The lowest BCUT2D eigenvalue weighted by Gasteiger charge is -2.17. The highest BCUT2D eigenvalue weighted by molar-refractivity contribution is 6.10. The van der Waals surface area contributed by atoms with Crippen molar-refractivity contribution in [2.75, 3.05) is 25.9 Å². The number of aromatic nitrogens is 2. The molecule has 1 amide bonds. The van der Waals surface area contributed by atoms with E-state index in [-0.39, 0.29) is 11.8 Å². The number of carbonyl (C=O) groups excluding carboxylic acids is 1. The van der Waals surface area contributed by atoms with Crippen molar-refractivity contribution in [1.82, 2.24) is 14.5 Å². The third-order valence-corrected chi connectivity index (χ3v) is 6.21. The lowest BCUT2D eigenvalue weighted by molar-refractivity contribution is -0.454. The molecule has 34 heavy (non-hydrogen) atoms. The van der Waals surface area contributed by atoms with Crippen molar-refractivity contribution in [2.24, 2.45) is 11.0 Å². The standard InChI is InChI=1S/C25H23N7O2/c1-16-7-21(27)3-4-22(16)25(33)30-6-5-17(12-30)13-31-14-20(11-28-31)18-8-23(34-2)24-19(9-26)10-29-32(24)15-18/h3-4,7-8,10-11,13-15,17H,5-6,12H2,1-2H3,(H-,27,33)/p+1/b31-13-. The van der Waals surface area contributed by atoms with Crippen molar-refractivity contribution >= 4 is 35.1 Å². The smallest absolute Gasteiger partial charge is 0.254 e. The Kier molecular flexibility index (Phi) is 5.34. The van der Waals surface area contributed by atoms with Crippen LogP contribution in [0.15, 0.2) is 48.0 Å². The molecule has 2 N–H and O–H groups in total. The van der Waals surface area contributed by atoms with E-state index >= 15 is 0 Å². The first-order valence-corrected chi connectivity index (χ1v) is 11.0. The minimum absolute atomic E-state index is 0.0333. The summed E-state index contributed by atoms with van der Waals surface area (Å²) < 4.78 is 8.94. The molecule has 0 spiro atoms. The summed E-state index contributed by atoms with van der Waals surface area (Å²) in [6.45, 7) is 3.25. The number of nitrogens with two attached hydrogens (primary N) is 1. The van der Waals surface area contributed by atoms with Crippen LogP contribution < -0.4 is 10.5 Å². The Bertz CT molecular complexity index is 1440. The van der Waals surface area contributed by atoms with Gasteiger partial charge in [0.1, 0.15) is 29.1 Å². The third kappa shape index (κ3) is 3.79. The number of hydrogen-bond donors (Lipinski definition) is 1. The summed E-state index contributed by atoms with van der Waals surface area (Å²) >= 11 is 0. The predicted octanol–water partition coefficient (Wildman–Crippen LogP) is 2.69. The van der Waals surface area contributed by atoms with Gasteiger partial charge in [0.2, 0.25) is 6.20 Å². The van der Waals surface area contributed by atoms with Crippen LogP contribution >= 0.6 is 0 Å². The van der Waals surface area contributed by atoms with E-state index < -0.39 is 0 Å². The number of likely N-dealkylation sites (tertiary alicyclic amines) is 1. The van der Waals surface area contributed by atoms with Crippen molar-refractivity contribution in [3.63, 3.8) is 0 Å². The Morgan fingerprint density at radius 3 is 3.00 bits per heavy atom. The fourth-order valence-corrected chi connectivity index (χ4v) is 4.45. The Morgan fingerprint density at radius 1 is 1.38 bits per heavy atom. The van der Waals surface area contributed by atoms with Crippen LogP contribution in [0.2, 0.25) is 0 Å². The maximum atomic E-state index is 13.0. The number of hydrogen-bond acceptors (Lipinski definition) is 6. The van der Waals surface area contributed by atoms with Gasteiger partial charge >= 0.3 is 0 Å². The molecule has 0 radical (unpaired) electrons. The van der Waals surface area contributed by atoms with Crippen molar-refractivity contribution in [3.8, 4) is 11.8 Å². The number of carbonyl (C=O) groups is 1. The van der Waals surface area contributed by atoms with E-state index in [4.69, 9.17) is 10.5 Å². The van der Waals surface area contributed by atoms with E-state index in [9.17, 15) is 10.1 Å². The van der Waals surface area contributed by atoms with Gasteiger partial charge in [0, 0.05) is 36.1 Å². The highest BCUT2D eigenvalue weighted by atomic mass is 16.5. The van der Waals surface area contributed by atoms with Crippen LogP contribution in [-0.2, 0) is 0 Å². The van der Waals surface area contributed by atoms with Crippen LogP contribution in [0, 0.1) is 24.2 Å². The number of nitrogens with zero attached hydrogens (tertiary/aromatic N) is 6. The molecule has 1 fully saturated rings. The molecule has 0 bridgehead atoms. The van der Waals surface area contributed by atoms with Gasteiger partial charge in [-0.15, -0.1) is 0 Å². The van der Waals surface area contributed by atoms with Gasteiger partial charge in [-0.05, 0) is 48.3 Å². The fourth-order valence-electron chi connectivity index (χ4n) is 4.45. The lowest BCUT2D eigenvalue weighted by Crippen LogP contribution is -2.29. The number of benzene rings is 1. The van der Waals surface area contributed by atoms with Crippen molar-refractivity contribution < 1.29 is 14.2 Å². The fraction of sp³-hybridized carbons (Fsp3) is 0.240. The van der Waals surface area contributed by atoms with Crippen molar-refractivity contribution in [2.45, 2.75) is 13.3 Å². The molecular weight excluding hydrogens is 430 g/mol. The summed E-state index contributed by atoms with van der Waals surface area (Å²) in [4.78, 5) is 14.8. The zero-order chi connectivity index (χ0) is 23.8. The van der Waals surface area contributed by atoms with Crippen LogP contribution in [0.5, 0.6) is 5.75 Å². The molecule has 0 aliphatic carbocycles. The van der Waals surface area contributed by atoms with E-state index in [1.54, 1.807) is 34.7 Å². The molecule has 9 heteroatoms. The Hall–Kier alpha value is -4.45. The number of methoxy groups -OCH3 is 1. The molecule has 4 heterocycles. The summed E-state index contributed by atoms with van der Waals surface area (Å²) in [5.41, 5.74) is 10.9. The van der Waals surface area contributed by atoms with Gasteiger partial charge in [0.15, 0.2) is 6.21 Å². The van der Waals surface area contributed by atoms with Gasteiger partial charge in [0.25, 0.3) is 5.91 Å². The van der Waals surface area contributed by atoms with Crippen molar-refractivity contribution in [3.05, 3.63) is 65.1 Å². The number of aryl methyl sites for hydroxylation is 1. The zero-order valence-corrected chi connectivity index (χ0v) is 19.0. The SMILES string of the molecule is COc1cc(C2=C/[N+](=C/C3CCN(C(=O)c4ccc(N)cc4C)C3)N=C2)cn2ncc(C#N)c12. The number of ether oxygens (including phenoxy) is 1. The average Bonchev–Trinajstić information content (AvgIpc) is 3.58. The number of rotatable bonds is 4. The first-order chi connectivity index (χ1) is 16.5. The maximum Gasteiger partial charge on any atom is 0.254 e. The monoisotopic (exact) mass is 454 g/mol. The van der Waals surface area contributed by atoms with Crippen LogP contribution in [0.25, 0.3) is 11.1 Å². The number of allylic oxidation sites excluding steroid dienone is 1. The van der Waals surface area contributed by atoms with E-state index in [0.29, 0.717) is 41.2 Å². The molecular formula is C25H24N7O2+. The number of pyridine rings is 1. The Morgan fingerprint density at radius 2 is 2.24 bits per heavy atom. The molecule has 1 saturated heterocycles. The number of fused-ring (bicyclic) bond motifs is 1. The largest absolute Gasteiger partial charge is 0.494 e. The van der Waals surface area contributed by atoms with Crippen LogP contribution in [0.3, 0.4) is 0 Å². The highest BCUT2D eigenvalue weighted by Crippen LogP contribution is 2.28. The van der Waals surface area contributed by atoms with Crippen molar-refractivity contribution in [1.29, 1.82) is 5.26 Å². The molecule has 2 aliphatic heterocycles.